The molecule has 0 aliphatic rings. The molecule has 5 heteroatoms. The van der Waals surface area contributed by atoms with Crippen LogP contribution in [-0.4, -0.2) is 32.4 Å². The highest BCUT2D eigenvalue weighted by Crippen LogP contribution is 2.07. The maximum atomic E-state index is 11.9. The molecule has 4 nitrogen and oxygen atoms in total. The Labute approximate surface area is 110 Å². The van der Waals surface area contributed by atoms with E-state index in [0.29, 0.717) is 26.1 Å². The lowest BCUT2D eigenvalue weighted by atomic mass is 10.1. The Balaban J connectivity index is 2.54. The lowest BCUT2D eigenvalue weighted by Gasteiger charge is -2.18. The number of benzene rings is 1. The first-order chi connectivity index (χ1) is 8.51. The molecular weight excluding hydrogens is 248 g/mol. The minimum Gasteiger partial charge on any atom is -0.202 e. The van der Waals surface area contributed by atoms with Crippen LogP contribution in [0.15, 0.2) is 24.3 Å². The van der Waals surface area contributed by atoms with Crippen molar-refractivity contribution in [2.45, 2.75) is 27.2 Å². The van der Waals surface area contributed by atoms with E-state index in [9.17, 15) is 8.42 Å². The summed E-state index contributed by atoms with van der Waals surface area (Å²) in [4.78, 5) is 0. The van der Waals surface area contributed by atoms with Crippen molar-refractivity contribution < 1.29 is 8.42 Å². The molecule has 1 rings (SSSR count). The number of nitrogens with zero attached hydrogens (tertiary/aromatic N) is 1. The molecule has 1 aromatic carbocycles. The van der Waals surface area contributed by atoms with E-state index in [4.69, 9.17) is 0 Å². The molecule has 0 radical (unpaired) electrons. The molecule has 0 fully saturated rings. The molecule has 0 aromatic heterocycles. The predicted octanol–water partition coefficient (Wildman–Crippen LogP) is 1.71. The number of hydrogen-bond acceptors (Lipinski definition) is 2. The lowest BCUT2D eigenvalue weighted by Crippen LogP contribution is -2.41. The van der Waals surface area contributed by atoms with Gasteiger partial charge in [0.25, 0.3) is 10.2 Å². The third-order valence-electron chi connectivity index (χ3n) is 2.99. The van der Waals surface area contributed by atoms with Crippen LogP contribution in [0.5, 0.6) is 0 Å². The summed E-state index contributed by atoms with van der Waals surface area (Å²) >= 11 is 0. The molecule has 0 aliphatic heterocycles. The standard InChI is InChI=1S/C13H22N2O2S/c1-4-15(5-2)18(16,17)14-11-10-13-9-7-6-8-12(13)3/h6-9,14H,4-5,10-11H2,1-3H3. The van der Waals surface area contributed by atoms with E-state index >= 15 is 0 Å². The number of nitrogens with one attached hydrogen (secondary N) is 1. The van der Waals surface area contributed by atoms with Crippen LogP contribution >= 0.6 is 0 Å². The number of aryl methyl sites for hydroxylation is 1. The summed E-state index contributed by atoms with van der Waals surface area (Å²) in [5.41, 5.74) is 2.37. The summed E-state index contributed by atoms with van der Waals surface area (Å²) in [6, 6.07) is 8.02. The van der Waals surface area contributed by atoms with Crippen LogP contribution in [0.25, 0.3) is 0 Å². The van der Waals surface area contributed by atoms with Crippen LogP contribution < -0.4 is 4.72 Å². The first kappa shape index (κ1) is 15.1. The van der Waals surface area contributed by atoms with E-state index in [2.05, 4.69) is 4.72 Å². The fraction of sp³-hybridized carbons (Fsp3) is 0.538. The molecular formula is C13H22N2O2S. The minimum absolute atomic E-state index is 0.434. The molecule has 0 heterocycles. The average molecular weight is 270 g/mol. The third-order valence-corrected chi connectivity index (χ3v) is 4.75. The van der Waals surface area contributed by atoms with Gasteiger partial charge in [0.2, 0.25) is 0 Å². The van der Waals surface area contributed by atoms with E-state index < -0.39 is 10.2 Å². The molecule has 0 aliphatic carbocycles. The highest BCUT2D eigenvalue weighted by Gasteiger charge is 2.17. The molecule has 0 amide bonds. The summed E-state index contributed by atoms with van der Waals surface area (Å²) < 4.78 is 27.8. The smallest absolute Gasteiger partial charge is 0.202 e. The van der Waals surface area contributed by atoms with Crippen LogP contribution in [0, 0.1) is 6.92 Å². The topological polar surface area (TPSA) is 49.4 Å². The quantitative estimate of drug-likeness (QED) is 0.820. The highest BCUT2D eigenvalue weighted by molar-refractivity contribution is 7.87. The number of hydrogen-bond donors (Lipinski definition) is 1. The van der Waals surface area contributed by atoms with Gasteiger partial charge in [0, 0.05) is 19.6 Å². The zero-order valence-corrected chi connectivity index (χ0v) is 12.1. The average Bonchev–Trinajstić information content (AvgIpc) is 2.32. The van der Waals surface area contributed by atoms with Crippen LogP contribution in [0.1, 0.15) is 25.0 Å². The van der Waals surface area contributed by atoms with Crippen LogP contribution in [0.4, 0.5) is 0 Å². The van der Waals surface area contributed by atoms with Crippen molar-refractivity contribution in [3.05, 3.63) is 35.4 Å². The van der Waals surface area contributed by atoms with E-state index in [1.807, 2.05) is 45.0 Å². The third kappa shape index (κ3) is 4.08. The van der Waals surface area contributed by atoms with Gasteiger partial charge in [-0.05, 0) is 24.5 Å². The zero-order chi connectivity index (χ0) is 13.6. The number of rotatable bonds is 7. The fourth-order valence-corrected chi connectivity index (χ4v) is 3.08. The van der Waals surface area contributed by atoms with Gasteiger partial charge in [0.1, 0.15) is 0 Å². The molecule has 1 N–H and O–H groups in total. The SMILES string of the molecule is CCN(CC)S(=O)(=O)NCCc1ccccc1C. The van der Waals surface area contributed by atoms with Gasteiger partial charge < -0.3 is 0 Å². The van der Waals surface area contributed by atoms with Crippen molar-refractivity contribution in [3.63, 3.8) is 0 Å². The predicted molar refractivity (Wildman–Crippen MR) is 74.7 cm³/mol. The van der Waals surface area contributed by atoms with Gasteiger partial charge in [-0.15, -0.1) is 0 Å². The second-order valence-electron chi connectivity index (χ2n) is 4.16. The van der Waals surface area contributed by atoms with Gasteiger partial charge in [0.15, 0.2) is 0 Å². The Bertz CT molecular complexity index is 468. The monoisotopic (exact) mass is 270 g/mol. The molecule has 102 valence electrons. The van der Waals surface area contributed by atoms with Crippen LogP contribution in [0.2, 0.25) is 0 Å². The summed E-state index contributed by atoms with van der Waals surface area (Å²) in [5.74, 6) is 0. The summed E-state index contributed by atoms with van der Waals surface area (Å²) in [6.45, 7) is 7.14. The van der Waals surface area contributed by atoms with Gasteiger partial charge in [-0.25, -0.2) is 4.72 Å². The fourth-order valence-electron chi connectivity index (χ4n) is 1.86. The molecule has 0 bridgehead atoms. The van der Waals surface area contributed by atoms with Gasteiger partial charge in [-0.3, -0.25) is 0 Å². The minimum atomic E-state index is -3.32. The Morgan fingerprint density at radius 2 is 1.78 bits per heavy atom. The molecule has 0 saturated heterocycles. The van der Waals surface area contributed by atoms with Crippen molar-refractivity contribution in [1.29, 1.82) is 0 Å². The van der Waals surface area contributed by atoms with Gasteiger partial charge in [-0.1, -0.05) is 38.1 Å². The van der Waals surface area contributed by atoms with Crippen molar-refractivity contribution >= 4 is 10.2 Å². The Morgan fingerprint density at radius 3 is 2.33 bits per heavy atom. The second-order valence-corrected chi connectivity index (χ2v) is 5.92. The largest absolute Gasteiger partial charge is 0.279 e. The second kappa shape index (κ2) is 6.87. The van der Waals surface area contributed by atoms with Crippen LogP contribution in [0.3, 0.4) is 0 Å². The van der Waals surface area contributed by atoms with Crippen molar-refractivity contribution in [3.8, 4) is 0 Å². The van der Waals surface area contributed by atoms with E-state index in [0.717, 1.165) is 0 Å². The van der Waals surface area contributed by atoms with Crippen molar-refractivity contribution in [2.75, 3.05) is 19.6 Å². The van der Waals surface area contributed by atoms with Crippen molar-refractivity contribution in [1.82, 2.24) is 9.03 Å². The zero-order valence-electron chi connectivity index (χ0n) is 11.3. The van der Waals surface area contributed by atoms with Crippen LogP contribution in [-0.2, 0) is 16.6 Å². The van der Waals surface area contributed by atoms with Gasteiger partial charge >= 0.3 is 0 Å². The molecule has 0 spiro atoms. The molecule has 18 heavy (non-hydrogen) atoms. The molecule has 0 saturated carbocycles. The molecule has 0 atom stereocenters. The Hall–Kier alpha value is -0.910. The van der Waals surface area contributed by atoms with E-state index in [1.54, 1.807) is 0 Å². The highest BCUT2D eigenvalue weighted by atomic mass is 32.2. The summed E-state index contributed by atoms with van der Waals surface area (Å²) in [7, 11) is -3.32. The first-order valence-electron chi connectivity index (χ1n) is 6.30. The van der Waals surface area contributed by atoms with E-state index in [1.165, 1.54) is 15.4 Å². The Morgan fingerprint density at radius 1 is 1.17 bits per heavy atom. The summed E-state index contributed by atoms with van der Waals surface area (Å²) in [6.07, 6.45) is 0.715. The lowest BCUT2D eigenvalue weighted by molar-refractivity contribution is 0.435. The van der Waals surface area contributed by atoms with Crippen molar-refractivity contribution in [2.24, 2.45) is 0 Å². The van der Waals surface area contributed by atoms with Gasteiger partial charge in [-0.2, -0.15) is 12.7 Å². The van der Waals surface area contributed by atoms with Gasteiger partial charge in [0.05, 0.1) is 0 Å². The Kier molecular flexibility index (Phi) is 5.78. The first-order valence-corrected chi connectivity index (χ1v) is 7.74. The molecule has 0 unspecified atom stereocenters. The molecule has 1 aromatic rings. The normalized spacial score (nSPS) is 12.0. The van der Waals surface area contributed by atoms with E-state index in [-0.39, 0.29) is 0 Å². The maximum absolute atomic E-state index is 11.9. The summed E-state index contributed by atoms with van der Waals surface area (Å²) in [5, 5.41) is 0. The maximum Gasteiger partial charge on any atom is 0.279 e.